The summed E-state index contributed by atoms with van der Waals surface area (Å²) in [5.41, 5.74) is 10.1. The van der Waals surface area contributed by atoms with Crippen LogP contribution in [0.3, 0.4) is 0 Å². The van der Waals surface area contributed by atoms with E-state index in [1.54, 1.807) is 0 Å². The molecule has 0 aliphatic rings. The van der Waals surface area contributed by atoms with Crippen molar-refractivity contribution in [2.75, 3.05) is 11.9 Å². The van der Waals surface area contributed by atoms with E-state index in [0.29, 0.717) is 25.8 Å². The highest BCUT2D eigenvalue weighted by Crippen LogP contribution is 2.24. The SMILES string of the molecule is CC(C)(C)OC(=O)[C@H](CCCCN)NC(=O)[C@H](Cc1c[nH]c2ccccc12)Nc1ccc(-c2ccccc2)cc1. The van der Waals surface area contributed by atoms with Gasteiger partial charge in [-0.05, 0) is 81.5 Å². The molecule has 210 valence electrons. The third-order valence-corrected chi connectivity index (χ3v) is 6.70. The number of unbranched alkanes of at least 4 members (excludes halogenated alkanes) is 1. The van der Waals surface area contributed by atoms with Crippen molar-refractivity contribution in [3.63, 3.8) is 0 Å². The van der Waals surface area contributed by atoms with Crippen LogP contribution in [0.2, 0.25) is 0 Å². The summed E-state index contributed by atoms with van der Waals surface area (Å²) in [6.45, 7) is 6.00. The first-order valence-electron chi connectivity index (χ1n) is 13.9. The van der Waals surface area contributed by atoms with Crippen LogP contribution >= 0.6 is 0 Å². The van der Waals surface area contributed by atoms with Gasteiger partial charge in [0.2, 0.25) is 5.91 Å². The standard InChI is InChI=1S/C33H40N4O3/c1-33(2,3)40-32(39)29(15-9-10-20-34)37-31(38)30(21-25-22-35-28-14-8-7-13-27(25)28)36-26-18-16-24(17-19-26)23-11-5-4-6-12-23/h4-8,11-14,16-19,22,29-30,35-36H,9-10,15,20-21,34H2,1-3H3,(H,37,38)/t29-,30-/m0/s1. The van der Waals surface area contributed by atoms with Gasteiger partial charge >= 0.3 is 5.97 Å². The third kappa shape index (κ3) is 7.96. The Morgan fingerprint density at radius 3 is 2.25 bits per heavy atom. The number of hydrogen-bond acceptors (Lipinski definition) is 5. The van der Waals surface area contributed by atoms with Gasteiger partial charge in [-0.15, -0.1) is 0 Å². The molecule has 0 saturated carbocycles. The zero-order chi connectivity index (χ0) is 28.5. The number of ether oxygens (including phenoxy) is 1. The summed E-state index contributed by atoms with van der Waals surface area (Å²) in [6.07, 6.45) is 4.31. The number of aromatic nitrogens is 1. The van der Waals surface area contributed by atoms with Crippen LogP contribution in [0, 0.1) is 0 Å². The van der Waals surface area contributed by atoms with E-state index in [1.165, 1.54) is 0 Å². The van der Waals surface area contributed by atoms with Gasteiger partial charge in [0.25, 0.3) is 0 Å². The number of rotatable bonds is 12. The Hall–Kier alpha value is -4.10. The molecule has 1 amide bonds. The fraction of sp³-hybridized carbons (Fsp3) is 0.333. The molecule has 0 aliphatic heterocycles. The van der Waals surface area contributed by atoms with Crippen molar-refractivity contribution in [1.29, 1.82) is 0 Å². The molecule has 7 heteroatoms. The second kappa shape index (κ2) is 13.3. The first-order chi connectivity index (χ1) is 19.2. The summed E-state index contributed by atoms with van der Waals surface area (Å²) in [6, 6.07) is 24.8. The maximum atomic E-state index is 13.8. The van der Waals surface area contributed by atoms with Crippen LogP contribution in [-0.2, 0) is 20.7 Å². The number of benzene rings is 3. The zero-order valence-corrected chi connectivity index (χ0v) is 23.6. The molecule has 0 radical (unpaired) electrons. The highest BCUT2D eigenvalue weighted by atomic mass is 16.6. The minimum Gasteiger partial charge on any atom is -0.458 e. The van der Waals surface area contributed by atoms with Gasteiger partial charge in [-0.3, -0.25) is 4.79 Å². The topological polar surface area (TPSA) is 109 Å². The van der Waals surface area contributed by atoms with Gasteiger partial charge in [0.15, 0.2) is 0 Å². The highest BCUT2D eigenvalue weighted by Gasteiger charge is 2.29. The van der Waals surface area contributed by atoms with E-state index in [0.717, 1.165) is 39.7 Å². The maximum absolute atomic E-state index is 13.8. The van der Waals surface area contributed by atoms with E-state index in [-0.39, 0.29) is 5.91 Å². The van der Waals surface area contributed by atoms with E-state index in [9.17, 15) is 9.59 Å². The van der Waals surface area contributed by atoms with Gasteiger partial charge in [0.05, 0.1) is 0 Å². The van der Waals surface area contributed by atoms with Crippen LogP contribution in [0.1, 0.15) is 45.6 Å². The lowest BCUT2D eigenvalue weighted by molar-refractivity contribution is -0.159. The molecule has 4 aromatic rings. The summed E-state index contributed by atoms with van der Waals surface area (Å²) in [7, 11) is 0. The number of anilines is 1. The number of amides is 1. The predicted octanol–water partition coefficient (Wildman–Crippen LogP) is 5.81. The van der Waals surface area contributed by atoms with Gasteiger partial charge in [-0.2, -0.15) is 0 Å². The molecular weight excluding hydrogens is 500 g/mol. The fourth-order valence-corrected chi connectivity index (χ4v) is 4.71. The molecule has 0 fully saturated rings. The molecule has 40 heavy (non-hydrogen) atoms. The van der Waals surface area contributed by atoms with Crippen LogP contribution in [0.25, 0.3) is 22.0 Å². The summed E-state index contributed by atoms with van der Waals surface area (Å²) in [5, 5.41) is 7.47. The van der Waals surface area contributed by atoms with Crippen LogP contribution in [0.4, 0.5) is 5.69 Å². The quantitative estimate of drug-likeness (QED) is 0.134. The second-order valence-electron chi connectivity index (χ2n) is 11.1. The Kier molecular flexibility index (Phi) is 9.61. The normalized spacial score (nSPS) is 13.0. The molecule has 0 spiro atoms. The van der Waals surface area contributed by atoms with Crippen molar-refractivity contribution in [2.45, 2.75) is 64.1 Å². The second-order valence-corrected chi connectivity index (χ2v) is 11.1. The van der Waals surface area contributed by atoms with E-state index < -0.39 is 23.7 Å². The number of hydrogen-bond donors (Lipinski definition) is 4. The zero-order valence-electron chi connectivity index (χ0n) is 23.6. The Labute approximate surface area is 236 Å². The van der Waals surface area contributed by atoms with Crippen LogP contribution < -0.4 is 16.4 Å². The minimum atomic E-state index is -0.758. The summed E-state index contributed by atoms with van der Waals surface area (Å²) < 4.78 is 5.64. The van der Waals surface area contributed by atoms with Crippen LogP contribution in [0.15, 0.2) is 85.1 Å². The van der Waals surface area contributed by atoms with E-state index in [1.807, 2.05) is 93.7 Å². The van der Waals surface area contributed by atoms with Crippen molar-refractivity contribution in [3.8, 4) is 11.1 Å². The van der Waals surface area contributed by atoms with Crippen LogP contribution in [-0.4, -0.2) is 41.1 Å². The van der Waals surface area contributed by atoms with Crippen molar-refractivity contribution in [1.82, 2.24) is 10.3 Å². The smallest absolute Gasteiger partial charge is 0.329 e. The Bertz CT molecular complexity index is 1390. The molecular formula is C33H40N4O3. The number of esters is 1. The van der Waals surface area contributed by atoms with Gasteiger partial charge in [0.1, 0.15) is 17.7 Å². The lowest BCUT2D eigenvalue weighted by Crippen LogP contribution is -2.50. The molecule has 4 rings (SSSR count). The van der Waals surface area contributed by atoms with Gasteiger partial charge in [-0.1, -0.05) is 60.7 Å². The summed E-state index contributed by atoms with van der Waals surface area (Å²) in [4.78, 5) is 30.1. The monoisotopic (exact) mass is 540 g/mol. The average Bonchev–Trinajstić information content (AvgIpc) is 3.35. The molecule has 2 atom stereocenters. The number of H-pyrrole nitrogens is 1. The predicted molar refractivity (Wildman–Crippen MR) is 162 cm³/mol. The Balaban J connectivity index is 1.57. The molecule has 0 bridgehead atoms. The molecule has 0 aliphatic carbocycles. The Morgan fingerprint density at radius 2 is 1.55 bits per heavy atom. The average molecular weight is 541 g/mol. The summed E-state index contributed by atoms with van der Waals surface area (Å²) in [5.74, 6) is -0.697. The van der Waals surface area contributed by atoms with Crippen molar-refractivity contribution >= 4 is 28.5 Å². The lowest BCUT2D eigenvalue weighted by Gasteiger charge is -2.27. The molecule has 5 N–H and O–H groups in total. The number of aromatic amines is 1. The lowest BCUT2D eigenvalue weighted by atomic mass is 10.0. The van der Waals surface area contributed by atoms with Gasteiger partial charge in [0, 0.05) is 29.2 Å². The first kappa shape index (κ1) is 28.9. The van der Waals surface area contributed by atoms with Gasteiger partial charge in [-0.25, -0.2) is 4.79 Å². The molecule has 1 heterocycles. The third-order valence-electron chi connectivity index (χ3n) is 6.70. The number of carbonyl (C=O) groups is 2. The number of fused-ring (bicyclic) bond motifs is 1. The molecule has 3 aromatic carbocycles. The number of nitrogens with one attached hydrogen (secondary N) is 3. The van der Waals surface area contributed by atoms with Crippen molar-refractivity contribution in [2.24, 2.45) is 5.73 Å². The van der Waals surface area contributed by atoms with Crippen molar-refractivity contribution in [3.05, 3.63) is 90.6 Å². The van der Waals surface area contributed by atoms with E-state index in [2.05, 4.69) is 27.8 Å². The maximum Gasteiger partial charge on any atom is 0.329 e. The molecule has 0 saturated heterocycles. The van der Waals surface area contributed by atoms with Crippen LogP contribution in [0.5, 0.6) is 0 Å². The number of para-hydroxylation sites is 1. The minimum absolute atomic E-state index is 0.263. The molecule has 7 nitrogen and oxygen atoms in total. The number of nitrogens with two attached hydrogens (primary N) is 1. The van der Waals surface area contributed by atoms with Crippen molar-refractivity contribution < 1.29 is 14.3 Å². The fourth-order valence-electron chi connectivity index (χ4n) is 4.71. The largest absolute Gasteiger partial charge is 0.458 e. The Morgan fingerprint density at radius 1 is 0.875 bits per heavy atom. The number of carbonyl (C=O) groups excluding carboxylic acids is 2. The molecule has 1 aromatic heterocycles. The first-order valence-corrected chi connectivity index (χ1v) is 13.9. The van der Waals surface area contributed by atoms with E-state index in [4.69, 9.17) is 10.5 Å². The summed E-state index contributed by atoms with van der Waals surface area (Å²) >= 11 is 0. The van der Waals surface area contributed by atoms with Gasteiger partial charge < -0.3 is 26.1 Å². The molecule has 0 unspecified atom stereocenters. The van der Waals surface area contributed by atoms with E-state index >= 15 is 0 Å². The highest BCUT2D eigenvalue weighted by molar-refractivity contribution is 5.91.